The van der Waals surface area contributed by atoms with Gasteiger partial charge in [-0.25, -0.2) is 14.3 Å². The molecule has 0 bridgehead atoms. The molecule has 0 spiro atoms. The lowest BCUT2D eigenvalue weighted by molar-refractivity contribution is -0.121. The number of aromatic nitrogens is 1. The number of oxazole rings is 1. The topological polar surface area (TPSA) is 122 Å². The first-order chi connectivity index (χ1) is 24.3. The van der Waals surface area contributed by atoms with Gasteiger partial charge in [0.25, 0.3) is 11.8 Å². The normalized spacial score (nSPS) is 14.6. The summed E-state index contributed by atoms with van der Waals surface area (Å²) in [7, 11) is 0. The van der Waals surface area contributed by atoms with Crippen molar-refractivity contribution in [3.63, 3.8) is 0 Å². The lowest BCUT2D eigenvalue weighted by Gasteiger charge is -2.15. The predicted octanol–water partition coefficient (Wildman–Crippen LogP) is 7.47. The van der Waals surface area contributed by atoms with Gasteiger partial charge >= 0.3 is 0 Å². The van der Waals surface area contributed by atoms with Gasteiger partial charge in [-0.05, 0) is 78.9 Å². The number of imide groups is 1. The number of thioether (sulfide) groups is 1. The summed E-state index contributed by atoms with van der Waals surface area (Å²) in [6.45, 7) is 0. The predicted molar refractivity (Wildman–Crippen MR) is 190 cm³/mol. The second-order valence-corrected chi connectivity index (χ2v) is 12.6. The summed E-state index contributed by atoms with van der Waals surface area (Å²) in [4.78, 5) is 59.2. The molecule has 11 heteroatoms. The summed E-state index contributed by atoms with van der Waals surface area (Å²) >= 11 is 1.20. The molecular formula is C39H27FN4O5S. The second kappa shape index (κ2) is 14.0. The van der Waals surface area contributed by atoms with Gasteiger partial charge in [-0.3, -0.25) is 19.2 Å². The summed E-state index contributed by atoms with van der Waals surface area (Å²) in [5.74, 6) is -2.03. The summed E-state index contributed by atoms with van der Waals surface area (Å²) in [5, 5.41) is 4.66. The van der Waals surface area contributed by atoms with Crippen molar-refractivity contribution in [3.05, 3.63) is 150 Å². The molecule has 246 valence electrons. The number of rotatable bonds is 9. The average Bonchev–Trinajstić information content (AvgIpc) is 3.69. The van der Waals surface area contributed by atoms with Gasteiger partial charge in [0.1, 0.15) is 17.0 Å². The van der Waals surface area contributed by atoms with Crippen LogP contribution < -0.4 is 15.5 Å². The van der Waals surface area contributed by atoms with E-state index in [4.69, 9.17) is 4.42 Å². The lowest BCUT2D eigenvalue weighted by Crippen LogP contribution is -2.31. The van der Waals surface area contributed by atoms with E-state index in [0.717, 1.165) is 5.52 Å². The molecule has 1 fully saturated rings. The van der Waals surface area contributed by atoms with Gasteiger partial charge in [0.2, 0.25) is 17.7 Å². The smallest absolute Gasteiger partial charge is 0.272 e. The molecule has 0 saturated carbocycles. The standard InChI is InChI=1S/C39H27FN4O5S/c40-30-14-5-4-11-26(30)21-32(42-36(46)24-9-2-1-3-10-24)37(47)41-27-12-8-13-29(22-27)50-34-23-35(45)44(39(34)48)28-19-17-25(18-20-28)38-43-31-15-6-7-16-33(31)49-38/h1-22,34H,23H2,(H,41,47)(H,42,46)/b32-21-/t34-/m1/s1. The van der Waals surface area contributed by atoms with Crippen LogP contribution in [0.3, 0.4) is 0 Å². The van der Waals surface area contributed by atoms with Crippen LogP contribution in [0.4, 0.5) is 15.8 Å². The van der Waals surface area contributed by atoms with Crippen molar-refractivity contribution in [1.29, 1.82) is 0 Å². The lowest BCUT2D eigenvalue weighted by atomic mass is 10.1. The van der Waals surface area contributed by atoms with E-state index in [1.54, 1.807) is 84.9 Å². The third-order valence-electron chi connectivity index (χ3n) is 7.88. The first-order valence-electron chi connectivity index (χ1n) is 15.6. The minimum Gasteiger partial charge on any atom is -0.436 e. The molecule has 0 radical (unpaired) electrons. The van der Waals surface area contributed by atoms with Crippen LogP contribution in [0.25, 0.3) is 28.6 Å². The Morgan fingerprint density at radius 2 is 1.60 bits per heavy atom. The molecular weight excluding hydrogens is 656 g/mol. The maximum Gasteiger partial charge on any atom is 0.272 e. The fourth-order valence-corrected chi connectivity index (χ4v) is 6.53. The van der Waals surface area contributed by atoms with Gasteiger partial charge < -0.3 is 15.1 Å². The number of nitrogens with one attached hydrogen (secondary N) is 2. The zero-order valence-electron chi connectivity index (χ0n) is 26.2. The number of carbonyl (C=O) groups excluding carboxylic acids is 4. The zero-order valence-corrected chi connectivity index (χ0v) is 27.0. The number of hydrogen-bond acceptors (Lipinski definition) is 7. The van der Waals surface area contributed by atoms with E-state index >= 15 is 0 Å². The molecule has 1 saturated heterocycles. The number of benzene rings is 5. The third kappa shape index (κ3) is 6.94. The number of anilines is 2. The fourth-order valence-electron chi connectivity index (χ4n) is 5.42. The molecule has 9 nitrogen and oxygen atoms in total. The monoisotopic (exact) mass is 682 g/mol. The largest absolute Gasteiger partial charge is 0.436 e. The van der Waals surface area contributed by atoms with Crippen molar-refractivity contribution in [2.75, 3.05) is 10.2 Å². The van der Waals surface area contributed by atoms with Crippen molar-refractivity contribution in [1.82, 2.24) is 10.3 Å². The van der Waals surface area contributed by atoms with Crippen LogP contribution in [0.5, 0.6) is 0 Å². The van der Waals surface area contributed by atoms with E-state index < -0.39 is 22.9 Å². The third-order valence-corrected chi connectivity index (χ3v) is 9.05. The van der Waals surface area contributed by atoms with Crippen molar-refractivity contribution in [3.8, 4) is 11.5 Å². The summed E-state index contributed by atoms with van der Waals surface area (Å²) < 4.78 is 20.3. The number of amides is 4. The van der Waals surface area contributed by atoms with Crippen LogP contribution in [0.15, 0.2) is 142 Å². The number of halogens is 1. The maximum absolute atomic E-state index is 14.5. The molecule has 0 aliphatic carbocycles. The van der Waals surface area contributed by atoms with Crippen LogP contribution in [-0.2, 0) is 14.4 Å². The summed E-state index contributed by atoms with van der Waals surface area (Å²) in [6, 6.07) is 35.3. The van der Waals surface area contributed by atoms with Crippen LogP contribution in [-0.4, -0.2) is 33.9 Å². The Balaban J connectivity index is 1.05. The molecule has 4 amide bonds. The number of fused-ring (bicyclic) bond motifs is 1. The quantitative estimate of drug-likeness (QED) is 0.120. The first kappa shape index (κ1) is 32.2. The maximum atomic E-state index is 14.5. The van der Waals surface area contributed by atoms with Crippen LogP contribution in [0.2, 0.25) is 0 Å². The molecule has 1 atom stereocenters. The number of hydrogen-bond donors (Lipinski definition) is 2. The molecule has 5 aromatic carbocycles. The van der Waals surface area contributed by atoms with Gasteiger partial charge in [-0.2, -0.15) is 0 Å². The van der Waals surface area contributed by atoms with E-state index in [1.807, 2.05) is 24.3 Å². The SMILES string of the molecule is O=C(Nc1cccc(S[C@@H]2CC(=O)N(c3ccc(-c4nc5ccccc5o4)cc3)C2=O)c1)/C(=C/c1ccccc1F)NC(=O)c1ccccc1. The second-order valence-electron chi connectivity index (χ2n) is 11.3. The fraction of sp³-hybridized carbons (Fsp3) is 0.0513. The van der Waals surface area contributed by atoms with E-state index in [-0.39, 0.29) is 29.5 Å². The highest BCUT2D eigenvalue weighted by Crippen LogP contribution is 2.36. The highest BCUT2D eigenvalue weighted by atomic mass is 32.2. The molecule has 0 unspecified atom stereocenters. The molecule has 6 aromatic rings. The highest BCUT2D eigenvalue weighted by molar-refractivity contribution is 8.00. The summed E-state index contributed by atoms with van der Waals surface area (Å²) in [5.41, 5.74) is 3.18. The molecule has 50 heavy (non-hydrogen) atoms. The van der Waals surface area contributed by atoms with Crippen molar-refractivity contribution < 1.29 is 28.0 Å². The molecule has 2 N–H and O–H groups in total. The van der Waals surface area contributed by atoms with Gasteiger partial charge in [0.15, 0.2) is 5.58 Å². The molecule has 1 aromatic heterocycles. The van der Waals surface area contributed by atoms with Crippen molar-refractivity contribution in [2.45, 2.75) is 16.6 Å². The van der Waals surface area contributed by atoms with E-state index in [9.17, 15) is 23.6 Å². The Morgan fingerprint density at radius 3 is 2.38 bits per heavy atom. The van der Waals surface area contributed by atoms with Crippen LogP contribution >= 0.6 is 11.8 Å². The Kier molecular flexibility index (Phi) is 9.04. The zero-order chi connectivity index (χ0) is 34.6. The van der Waals surface area contributed by atoms with E-state index in [2.05, 4.69) is 15.6 Å². The average molecular weight is 683 g/mol. The Morgan fingerprint density at radius 1 is 0.860 bits per heavy atom. The molecule has 1 aliphatic heterocycles. The van der Waals surface area contributed by atoms with E-state index in [0.29, 0.717) is 38.9 Å². The van der Waals surface area contributed by atoms with Gasteiger partial charge in [0.05, 0.1) is 10.9 Å². The number of para-hydroxylation sites is 2. The van der Waals surface area contributed by atoms with Gasteiger partial charge in [-0.15, -0.1) is 11.8 Å². The molecule has 2 heterocycles. The Hall–Kier alpha value is -6.33. The van der Waals surface area contributed by atoms with Gasteiger partial charge in [0, 0.05) is 33.7 Å². The van der Waals surface area contributed by atoms with Crippen molar-refractivity contribution >= 4 is 63.9 Å². The Labute approximate surface area is 289 Å². The summed E-state index contributed by atoms with van der Waals surface area (Å²) in [6.07, 6.45) is 1.26. The number of carbonyl (C=O) groups is 4. The van der Waals surface area contributed by atoms with E-state index in [1.165, 1.54) is 40.9 Å². The van der Waals surface area contributed by atoms with Gasteiger partial charge in [-0.1, -0.05) is 54.6 Å². The Bertz CT molecular complexity index is 2250. The minimum atomic E-state index is -0.688. The van der Waals surface area contributed by atoms with Crippen molar-refractivity contribution in [2.24, 2.45) is 0 Å². The molecule has 7 rings (SSSR count). The van der Waals surface area contributed by atoms with Crippen LogP contribution in [0.1, 0.15) is 22.3 Å². The highest BCUT2D eigenvalue weighted by Gasteiger charge is 2.40. The molecule has 1 aliphatic rings. The first-order valence-corrected chi connectivity index (χ1v) is 16.4. The van der Waals surface area contributed by atoms with Crippen LogP contribution in [0, 0.1) is 5.82 Å². The number of nitrogens with zero attached hydrogens (tertiary/aromatic N) is 2. The minimum absolute atomic E-state index is 0.00594.